The third-order valence-corrected chi connectivity index (χ3v) is 1.66. The van der Waals surface area contributed by atoms with Crippen molar-refractivity contribution in [3.8, 4) is 0 Å². The molecule has 1 rings (SSSR count). The van der Waals surface area contributed by atoms with Gasteiger partial charge in [-0.1, -0.05) is 0 Å². The molecule has 1 aromatic rings. The van der Waals surface area contributed by atoms with Crippen LogP contribution in [0.2, 0.25) is 0 Å². The van der Waals surface area contributed by atoms with Crippen molar-refractivity contribution in [1.82, 2.24) is 10.3 Å². The smallest absolute Gasteiger partial charge is 0.185 e. The maximum Gasteiger partial charge on any atom is 0.185 e. The van der Waals surface area contributed by atoms with Gasteiger partial charge in [0.25, 0.3) is 0 Å². The van der Waals surface area contributed by atoms with E-state index in [4.69, 9.17) is 11.1 Å². The van der Waals surface area contributed by atoms with E-state index in [1.54, 1.807) is 16.8 Å². The van der Waals surface area contributed by atoms with E-state index in [1.807, 2.05) is 11.8 Å². The second-order valence-electron chi connectivity index (χ2n) is 1.91. The maximum absolute atomic E-state index is 6.85. The zero-order valence-corrected chi connectivity index (χ0v) is 6.69. The Labute approximate surface area is 69.0 Å². The Bertz CT molecular complexity index is 218. The molecule has 0 aromatic carbocycles. The highest BCUT2D eigenvalue weighted by atomic mass is 32.1. The zero-order valence-electron chi connectivity index (χ0n) is 5.87. The summed E-state index contributed by atoms with van der Waals surface area (Å²) < 4.78 is 0. The molecule has 0 amide bonds. The van der Waals surface area contributed by atoms with Gasteiger partial charge in [0.1, 0.15) is 0 Å². The predicted octanol–water partition coefficient (Wildman–Crippen LogP) is 0.179. The molecule has 59 valence electrons. The number of rotatable bonds is 3. The van der Waals surface area contributed by atoms with E-state index >= 15 is 0 Å². The number of aromatic nitrogens is 1. The van der Waals surface area contributed by atoms with E-state index in [0.29, 0.717) is 6.54 Å². The van der Waals surface area contributed by atoms with Crippen molar-refractivity contribution in [2.24, 2.45) is 5.73 Å². The van der Waals surface area contributed by atoms with Crippen molar-refractivity contribution in [2.75, 3.05) is 6.54 Å². The summed E-state index contributed by atoms with van der Waals surface area (Å²) in [5.41, 5.74) is 7.75. The highest BCUT2D eigenvalue weighted by molar-refractivity contribution is 7.07. The Morgan fingerprint density at radius 2 is 2.73 bits per heavy atom. The molecule has 5 heteroatoms. The quantitative estimate of drug-likeness (QED) is 0.446. The highest BCUT2D eigenvalue weighted by Gasteiger charge is 1.94. The lowest BCUT2D eigenvalue weighted by Gasteiger charge is -1.99. The molecule has 4 nitrogen and oxygen atoms in total. The predicted molar refractivity (Wildman–Crippen MR) is 45.4 cm³/mol. The van der Waals surface area contributed by atoms with Gasteiger partial charge in [-0.05, 0) is 0 Å². The first-order valence-corrected chi connectivity index (χ1v) is 4.02. The molecule has 0 aliphatic heterocycles. The molecule has 11 heavy (non-hydrogen) atoms. The number of guanidine groups is 1. The summed E-state index contributed by atoms with van der Waals surface area (Å²) >= 11 is 1.54. The van der Waals surface area contributed by atoms with Gasteiger partial charge in [-0.2, -0.15) is 0 Å². The number of nitrogens with zero attached hydrogens (tertiary/aromatic N) is 1. The third-order valence-electron chi connectivity index (χ3n) is 1.06. The van der Waals surface area contributed by atoms with E-state index < -0.39 is 0 Å². The summed E-state index contributed by atoms with van der Waals surface area (Å²) in [5.74, 6) is -0.0171. The second kappa shape index (κ2) is 3.92. The largest absolute Gasteiger partial charge is 0.370 e. The van der Waals surface area contributed by atoms with Crippen molar-refractivity contribution >= 4 is 17.3 Å². The van der Waals surface area contributed by atoms with Crippen LogP contribution in [-0.2, 0) is 0 Å². The molecule has 0 bridgehead atoms. The molecular formula is C6H9N4S. The minimum Gasteiger partial charge on any atom is -0.370 e. The first-order chi connectivity index (χ1) is 5.29. The molecule has 4 N–H and O–H groups in total. The SMILES string of the molecule is N=C(N)NC[CH]c1cscn1. The summed E-state index contributed by atoms with van der Waals surface area (Å²) in [5, 5.41) is 11.4. The topological polar surface area (TPSA) is 74.8 Å². The van der Waals surface area contributed by atoms with Gasteiger partial charge in [0, 0.05) is 18.3 Å². The molecular weight excluding hydrogens is 160 g/mol. The van der Waals surface area contributed by atoms with Crippen molar-refractivity contribution in [1.29, 1.82) is 5.41 Å². The minimum absolute atomic E-state index is 0.0171. The fourth-order valence-corrected chi connectivity index (χ4v) is 1.13. The van der Waals surface area contributed by atoms with Gasteiger partial charge in [-0.15, -0.1) is 11.3 Å². The molecule has 0 atom stereocenters. The normalized spacial score (nSPS) is 9.45. The average Bonchev–Trinajstić information content (AvgIpc) is 2.39. The Morgan fingerprint density at radius 1 is 1.91 bits per heavy atom. The van der Waals surface area contributed by atoms with Crippen LogP contribution in [0.1, 0.15) is 5.69 Å². The second-order valence-corrected chi connectivity index (χ2v) is 2.63. The van der Waals surface area contributed by atoms with Crippen molar-refractivity contribution in [3.05, 3.63) is 23.0 Å². The van der Waals surface area contributed by atoms with Crippen LogP contribution in [0.5, 0.6) is 0 Å². The molecule has 0 saturated carbocycles. The van der Waals surface area contributed by atoms with Gasteiger partial charge in [-0.3, -0.25) is 5.41 Å². The number of thiazole rings is 1. The number of hydrogen-bond acceptors (Lipinski definition) is 3. The molecule has 0 spiro atoms. The van der Waals surface area contributed by atoms with Crippen LogP contribution in [0.3, 0.4) is 0 Å². The van der Waals surface area contributed by atoms with E-state index in [9.17, 15) is 0 Å². The Morgan fingerprint density at radius 3 is 3.27 bits per heavy atom. The van der Waals surface area contributed by atoms with Crippen molar-refractivity contribution in [3.63, 3.8) is 0 Å². The Kier molecular flexibility index (Phi) is 2.85. The van der Waals surface area contributed by atoms with E-state index in [0.717, 1.165) is 5.69 Å². The molecule has 0 unspecified atom stereocenters. The van der Waals surface area contributed by atoms with E-state index in [2.05, 4.69) is 10.3 Å². The summed E-state index contributed by atoms with van der Waals surface area (Å²) in [6.45, 7) is 0.555. The first kappa shape index (κ1) is 8.00. The summed E-state index contributed by atoms with van der Waals surface area (Å²) in [4.78, 5) is 4.02. The number of nitrogens with two attached hydrogens (primary N) is 1. The van der Waals surface area contributed by atoms with Gasteiger partial charge >= 0.3 is 0 Å². The Hall–Kier alpha value is -1.10. The van der Waals surface area contributed by atoms with Crippen LogP contribution in [-0.4, -0.2) is 17.5 Å². The number of nitrogens with one attached hydrogen (secondary N) is 2. The van der Waals surface area contributed by atoms with E-state index in [1.165, 1.54) is 0 Å². The van der Waals surface area contributed by atoms with Crippen molar-refractivity contribution < 1.29 is 0 Å². The molecule has 1 aromatic heterocycles. The fraction of sp³-hybridized carbons (Fsp3) is 0.167. The molecule has 1 radical (unpaired) electrons. The molecule has 0 aliphatic rings. The molecule has 0 aliphatic carbocycles. The van der Waals surface area contributed by atoms with Crippen LogP contribution in [0.25, 0.3) is 0 Å². The lowest BCUT2D eigenvalue weighted by Crippen LogP contribution is -2.31. The van der Waals surface area contributed by atoms with Crippen LogP contribution >= 0.6 is 11.3 Å². The van der Waals surface area contributed by atoms with Gasteiger partial charge < -0.3 is 11.1 Å². The standard InChI is InChI=1S/C6H9N4S/c7-6(8)9-2-1-5-3-11-4-10-5/h1,3-4H,2H2,(H4,7,8,9). The van der Waals surface area contributed by atoms with Gasteiger partial charge in [0.15, 0.2) is 5.96 Å². The zero-order chi connectivity index (χ0) is 8.10. The van der Waals surface area contributed by atoms with Crippen LogP contribution in [0.15, 0.2) is 10.9 Å². The molecule has 0 saturated heterocycles. The van der Waals surface area contributed by atoms with Gasteiger partial charge in [0.05, 0.1) is 11.2 Å². The van der Waals surface area contributed by atoms with Crippen molar-refractivity contribution in [2.45, 2.75) is 0 Å². The van der Waals surface area contributed by atoms with Crippen LogP contribution in [0.4, 0.5) is 0 Å². The van der Waals surface area contributed by atoms with Gasteiger partial charge in [0.2, 0.25) is 0 Å². The van der Waals surface area contributed by atoms with E-state index in [-0.39, 0.29) is 5.96 Å². The molecule has 1 heterocycles. The fourth-order valence-electron chi connectivity index (χ4n) is 0.588. The first-order valence-electron chi connectivity index (χ1n) is 3.08. The summed E-state index contributed by atoms with van der Waals surface area (Å²) in [6, 6.07) is 0. The third kappa shape index (κ3) is 2.99. The minimum atomic E-state index is -0.0171. The van der Waals surface area contributed by atoms with Crippen LogP contribution < -0.4 is 11.1 Å². The summed E-state index contributed by atoms with van der Waals surface area (Å²) in [7, 11) is 0. The summed E-state index contributed by atoms with van der Waals surface area (Å²) in [6.07, 6.45) is 1.87. The van der Waals surface area contributed by atoms with Crippen LogP contribution in [0, 0.1) is 11.8 Å². The lowest BCUT2D eigenvalue weighted by atomic mass is 10.3. The monoisotopic (exact) mass is 169 g/mol. The molecule has 0 fully saturated rings. The highest BCUT2D eigenvalue weighted by Crippen LogP contribution is 2.01. The lowest BCUT2D eigenvalue weighted by molar-refractivity contribution is 0.958. The maximum atomic E-state index is 6.85. The average molecular weight is 169 g/mol. The number of hydrogen-bond donors (Lipinski definition) is 3. The van der Waals surface area contributed by atoms with Gasteiger partial charge in [-0.25, -0.2) is 4.98 Å². The Balaban J connectivity index is 2.19.